The highest BCUT2D eigenvalue weighted by molar-refractivity contribution is 6.31. The number of rotatable bonds is 3. The Morgan fingerprint density at radius 1 is 1.48 bits per heavy atom. The van der Waals surface area contributed by atoms with Crippen LogP contribution in [0.5, 0.6) is 5.75 Å². The van der Waals surface area contributed by atoms with E-state index in [9.17, 15) is 18.3 Å². The standard InChI is InChI=1S/C12H15ClF3N3O2/c1-10(3-17)5-21-8-6(10)2-7(19-9(8)13)11(20,4-18)12(14,15)16/h2,20H,3-5,17-18H2,1H3. The topological polar surface area (TPSA) is 94.4 Å². The van der Waals surface area contributed by atoms with Gasteiger partial charge < -0.3 is 21.3 Å². The summed E-state index contributed by atoms with van der Waals surface area (Å²) in [5.74, 6) is 0.190. The first-order valence-corrected chi connectivity index (χ1v) is 6.50. The molecule has 118 valence electrons. The molecule has 0 fully saturated rings. The van der Waals surface area contributed by atoms with Crippen molar-refractivity contribution in [1.29, 1.82) is 0 Å². The third-order valence-corrected chi connectivity index (χ3v) is 4.01. The molecule has 0 bridgehead atoms. The fraction of sp³-hybridized carbons (Fsp3) is 0.583. The number of aliphatic hydroxyl groups is 1. The number of pyridine rings is 1. The first-order valence-electron chi connectivity index (χ1n) is 6.12. The van der Waals surface area contributed by atoms with E-state index in [0.717, 1.165) is 6.07 Å². The summed E-state index contributed by atoms with van der Waals surface area (Å²) in [7, 11) is 0. The van der Waals surface area contributed by atoms with E-state index in [2.05, 4.69) is 4.98 Å². The van der Waals surface area contributed by atoms with E-state index in [0.29, 0.717) is 5.56 Å². The third kappa shape index (κ3) is 2.36. The molecule has 1 aromatic heterocycles. The molecular weight excluding hydrogens is 311 g/mol. The summed E-state index contributed by atoms with van der Waals surface area (Å²) in [5.41, 5.74) is 6.52. The minimum absolute atomic E-state index is 0.146. The SMILES string of the molecule is CC1(CN)COc2c1cc(C(O)(CN)C(F)(F)F)nc2Cl. The molecule has 2 heterocycles. The van der Waals surface area contributed by atoms with Crippen LogP contribution in [0.1, 0.15) is 18.2 Å². The summed E-state index contributed by atoms with van der Waals surface area (Å²) in [6.45, 7) is 0.983. The van der Waals surface area contributed by atoms with Crippen molar-refractivity contribution < 1.29 is 23.0 Å². The van der Waals surface area contributed by atoms with Gasteiger partial charge in [0.1, 0.15) is 0 Å². The molecule has 2 rings (SSSR count). The Morgan fingerprint density at radius 3 is 2.57 bits per heavy atom. The van der Waals surface area contributed by atoms with E-state index in [-0.39, 0.29) is 24.1 Å². The summed E-state index contributed by atoms with van der Waals surface area (Å²) in [4.78, 5) is 3.60. The number of aromatic nitrogens is 1. The van der Waals surface area contributed by atoms with Crippen LogP contribution in [-0.2, 0) is 11.0 Å². The Balaban J connectivity index is 2.64. The second-order valence-corrected chi connectivity index (χ2v) is 5.65. The van der Waals surface area contributed by atoms with Gasteiger partial charge in [0.25, 0.3) is 0 Å². The average Bonchev–Trinajstić information content (AvgIpc) is 2.75. The minimum Gasteiger partial charge on any atom is -0.489 e. The van der Waals surface area contributed by atoms with Crippen molar-refractivity contribution in [2.45, 2.75) is 24.1 Å². The third-order valence-electron chi connectivity index (χ3n) is 3.76. The number of halogens is 4. The lowest BCUT2D eigenvalue weighted by Gasteiger charge is -2.29. The number of fused-ring (bicyclic) bond motifs is 1. The van der Waals surface area contributed by atoms with Crippen molar-refractivity contribution in [1.82, 2.24) is 4.98 Å². The predicted octanol–water partition coefficient (Wildman–Crippen LogP) is 1.05. The van der Waals surface area contributed by atoms with E-state index in [4.69, 9.17) is 27.8 Å². The van der Waals surface area contributed by atoms with Gasteiger partial charge in [0.05, 0.1) is 12.3 Å². The monoisotopic (exact) mass is 325 g/mol. The minimum atomic E-state index is -4.98. The zero-order valence-corrected chi connectivity index (χ0v) is 11.9. The van der Waals surface area contributed by atoms with Gasteiger partial charge in [-0.1, -0.05) is 18.5 Å². The van der Waals surface area contributed by atoms with Crippen LogP contribution in [0.4, 0.5) is 13.2 Å². The lowest BCUT2D eigenvalue weighted by molar-refractivity contribution is -0.263. The highest BCUT2D eigenvalue weighted by atomic mass is 35.5. The number of nitrogens with two attached hydrogens (primary N) is 2. The van der Waals surface area contributed by atoms with Gasteiger partial charge in [-0.05, 0) is 6.07 Å². The van der Waals surface area contributed by atoms with Crippen LogP contribution < -0.4 is 16.2 Å². The van der Waals surface area contributed by atoms with Gasteiger partial charge in [0.15, 0.2) is 10.9 Å². The van der Waals surface area contributed by atoms with Gasteiger partial charge in [0.2, 0.25) is 5.60 Å². The molecule has 0 spiro atoms. The molecule has 0 saturated heterocycles. The molecule has 0 radical (unpaired) electrons. The average molecular weight is 326 g/mol. The Kier molecular flexibility index (Phi) is 3.86. The molecule has 0 amide bonds. The molecule has 5 N–H and O–H groups in total. The molecule has 1 aromatic rings. The Hall–Kier alpha value is -1.09. The van der Waals surface area contributed by atoms with Crippen LogP contribution in [-0.4, -0.2) is 36.0 Å². The van der Waals surface area contributed by atoms with Crippen LogP contribution in [0.25, 0.3) is 0 Å². The van der Waals surface area contributed by atoms with Gasteiger partial charge in [-0.2, -0.15) is 13.2 Å². The molecule has 0 aliphatic carbocycles. The highest BCUT2D eigenvalue weighted by Gasteiger charge is 2.56. The smallest absolute Gasteiger partial charge is 0.424 e. The molecule has 1 aliphatic rings. The zero-order valence-electron chi connectivity index (χ0n) is 11.2. The summed E-state index contributed by atoms with van der Waals surface area (Å²) in [6.07, 6.45) is -4.98. The van der Waals surface area contributed by atoms with Crippen molar-refractivity contribution >= 4 is 11.6 Å². The van der Waals surface area contributed by atoms with Crippen molar-refractivity contribution in [2.24, 2.45) is 11.5 Å². The highest BCUT2D eigenvalue weighted by Crippen LogP contribution is 2.45. The predicted molar refractivity (Wildman–Crippen MR) is 70.2 cm³/mol. The number of hydrogen-bond acceptors (Lipinski definition) is 5. The van der Waals surface area contributed by atoms with Crippen LogP contribution in [0.15, 0.2) is 6.07 Å². The Labute approximate surface area is 124 Å². The van der Waals surface area contributed by atoms with Crippen molar-refractivity contribution in [3.05, 3.63) is 22.5 Å². The van der Waals surface area contributed by atoms with Crippen LogP contribution >= 0.6 is 11.6 Å². The molecule has 0 saturated carbocycles. The fourth-order valence-corrected chi connectivity index (χ4v) is 2.39. The quantitative estimate of drug-likeness (QED) is 0.722. The largest absolute Gasteiger partial charge is 0.489 e. The molecule has 5 nitrogen and oxygen atoms in total. The second kappa shape index (κ2) is 4.98. The molecule has 1 aliphatic heterocycles. The number of hydrogen-bond donors (Lipinski definition) is 3. The molecule has 2 atom stereocenters. The van der Waals surface area contributed by atoms with Crippen LogP contribution in [0.3, 0.4) is 0 Å². The van der Waals surface area contributed by atoms with Gasteiger partial charge in [-0.15, -0.1) is 0 Å². The first kappa shape index (κ1) is 16.3. The van der Waals surface area contributed by atoms with E-state index < -0.39 is 29.4 Å². The van der Waals surface area contributed by atoms with Gasteiger partial charge in [-0.25, -0.2) is 4.98 Å². The van der Waals surface area contributed by atoms with E-state index in [1.165, 1.54) is 0 Å². The van der Waals surface area contributed by atoms with E-state index in [1.54, 1.807) is 6.92 Å². The summed E-state index contributed by atoms with van der Waals surface area (Å²) in [6, 6.07) is 1.11. The summed E-state index contributed by atoms with van der Waals surface area (Å²) >= 11 is 5.88. The maximum absolute atomic E-state index is 13.1. The number of ether oxygens (including phenoxy) is 1. The first-order chi connectivity index (χ1) is 9.59. The van der Waals surface area contributed by atoms with E-state index >= 15 is 0 Å². The maximum Gasteiger partial charge on any atom is 0.424 e. The van der Waals surface area contributed by atoms with Gasteiger partial charge in [0, 0.05) is 24.1 Å². The molecule has 9 heteroatoms. The molecule has 0 aromatic carbocycles. The lowest BCUT2D eigenvalue weighted by Crippen LogP contribution is -2.49. The van der Waals surface area contributed by atoms with Gasteiger partial charge in [-0.3, -0.25) is 0 Å². The molecule has 2 unspecified atom stereocenters. The Bertz CT molecular complexity index is 569. The maximum atomic E-state index is 13.1. The zero-order chi connectivity index (χ0) is 16.1. The summed E-state index contributed by atoms with van der Waals surface area (Å²) in [5, 5.41) is 9.63. The second-order valence-electron chi connectivity index (χ2n) is 5.29. The van der Waals surface area contributed by atoms with Crippen LogP contribution in [0.2, 0.25) is 5.15 Å². The molecule has 21 heavy (non-hydrogen) atoms. The van der Waals surface area contributed by atoms with Crippen molar-refractivity contribution in [2.75, 3.05) is 19.7 Å². The van der Waals surface area contributed by atoms with E-state index in [1.807, 2.05) is 0 Å². The Morgan fingerprint density at radius 2 is 2.10 bits per heavy atom. The van der Waals surface area contributed by atoms with Gasteiger partial charge >= 0.3 is 6.18 Å². The normalized spacial score (nSPS) is 24.4. The number of nitrogens with zero attached hydrogens (tertiary/aromatic N) is 1. The van der Waals surface area contributed by atoms with Crippen LogP contribution in [0, 0.1) is 0 Å². The van der Waals surface area contributed by atoms with Crippen molar-refractivity contribution in [3.8, 4) is 5.75 Å². The lowest BCUT2D eigenvalue weighted by atomic mass is 9.83. The molecular formula is C12H15ClF3N3O2. The summed E-state index contributed by atoms with van der Waals surface area (Å²) < 4.78 is 44.6. The fourth-order valence-electron chi connectivity index (χ4n) is 2.14. The number of alkyl halides is 3. The van der Waals surface area contributed by atoms with Crippen molar-refractivity contribution in [3.63, 3.8) is 0 Å².